The highest BCUT2D eigenvalue weighted by molar-refractivity contribution is 7.09. The number of ether oxygens (including phenoxy) is 2. The van der Waals surface area contributed by atoms with Gasteiger partial charge in [0, 0.05) is 17.8 Å². The Kier molecular flexibility index (Phi) is 5.88. The maximum atomic E-state index is 5.62. The van der Waals surface area contributed by atoms with E-state index in [0.29, 0.717) is 19.8 Å². The van der Waals surface area contributed by atoms with Gasteiger partial charge < -0.3 is 15.2 Å². The zero-order valence-electron chi connectivity index (χ0n) is 10.9. The molecule has 102 valence electrons. The van der Waals surface area contributed by atoms with Crippen LogP contribution in [0.5, 0.6) is 5.75 Å². The second-order valence-corrected chi connectivity index (χ2v) is 5.21. The van der Waals surface area contributed by atoms with Crippen LogP contribution in [0.1, 0.15) is 16.9 Å². The minimum absolute atomic E-state index is 0.566. The van der Waals surface area contributed by atoms with E-state index in [1.54, 1.807) is 11.3 Å². The second-order valence-electron chi connectivity index (χ2n) is 4.18. The Morgan fingerprint density at radius 1 is 1.05 bits per heavy atom. The molecule has 0 aliphatic rings. The molecule has 1 heterocycles. The molecule has 0 radical (unpaired) electrons. The molecule has 0 fully saturated rings. The molecule has 4 heteroatoms. The van der Waals surface area contributed by atoms with E-state index in [2.05, 4.69) is 11.4 Å². The van der Waals surface area contributed by atoms with E-state index in [1.807, 2.05) is 30.3 Å². The Bertz CT molecular complexity index is 454. The predicted molar refractivity (Wildman–Crippen MR) is 78.4 cm³/mol. The van der Waals surface area contributed by atoms with Gasteiger partial charge in [-0.15, -0.1) is 11.3 Å². The molecule has 2 rings (SSSR count). The van der Waals surface area contributed by atoms with Crippen molar-refractivity contribution in [2.45, 2.75) is 19.6 Å². The fourth-order valence-electron chi connectivity index (χ4n) is 1.64. The molecule has 0 spiro atoms. The summed E-state index contributed by atoms with van der Waals surface area (Å²) in [5, 5.41) is 2.06. The number of hydrogen-bond acceptors (Lipinski definition) is 4. The molecular formula is C15H19NO2S. The largest absolute Gasteiger partial charge is 0.494 e. The molecule has 0 amide bonds. The fraction of sp³-hybridized carbons (Fsp3) is 0.333. The van der Waals surface area contributed by atoms with Crippen LogP contribution < -0.4 is 10.5 Å². The van der Waals surface area contributed by atoms with Crippen molar-refractivity contribution in [1.29, 1.82) is 0 Å². The normalized spacial score (nSPS) is 10.6. The highest BCUT2D eigenvalue weighted by Crippen LogP contribution is 2.12. The summed E-state index contributed by atoms with van der Waals surface area (Å²) in [5.74, 6) is 0.885. The van der Waals surface area contributed by atoms with Gasteiger partial charge in [-0.25, -0.2) is 0 Å². The first-order valence-corrected chi connectivity index (χ1v) is 7.28. The third-order valence-electron chi connectivity index (χ3n) is 2.69. The molecule has 1 aromatic heterocycles. The third kappa shape index (κ3) is 5.03. The van der Waals surface area contributed by atoms with Gasteiger partial charge in [0.1, 0.15) is 5.75 Å². The lowest BCUT2D eigenvalue weighted by Gasteiger charge is -2.07. The summed E-state index contributed by atoms with van der Waals surface area (Å²) < 4.78 is 11.2. The molecule has 0 aliphatic carbocycles. The Morgan fingerprint density at radius 2 is 1.89 bits per heavy atom. The van der Waals surface area contributed by atoms with Crippen molar-refractivity contribution in [3.05, 3.63) is 52.2 Å². The van der Waals surface area contributed by atoms with Crippen LogP contribution in [0.2, 0.25) is 0 Å². The van der Waals surface area contributed by atoms with Crippen LogP contribution in [-0.2, 0) is 17.9 Å². The van der Waals surface area contributed by atoms with E-state index in [1.165, 1.54) is 4.88 Å². The highest BCUT2D eigenvalue weighted by atomic mass is 32.1. The molecule has 2 aromatic rings. The van der Waals surface area contributed by atoms with E-state index >= 15 is 0 Å². The Labute approximate surface area is 118 Å². The summed E-state index contributed by atoms with van der Waals surface area (Å²) in [7, 11) is 0. The van der Waals surface area contributed by atoms with Crippen molar-refractivity contribution in [2.75, 3.05) is 13.2 Å². The summed E-state index contributed by atoms with van der Waals surface area (Å²) >= 11 is 1.72. The molecular weight excluding hydrogens is 258 g/mol. The number of hydrogen-bond donors (Lipinski definition) is 1. The van der Waals surface area contributed by atoms with E-state index in [-0.39, 0.29) is 0 Å². The fourth-order valence-corrected chi connectivity index (χ4v) is 2.28. The van der Waals surface area contributed by atoms with Crippen LogP contribution >= 0.6 is 11.3 Å². The van der Waals surface area contributed by atoms with Gasteiger partial charge in [0.15, 0.2) is 0 Å². The lowest BCUT2D eigenvalue weighted by molar-refractivity contribution is 0.109. The standard InChI is InChI=1S/C15H19NO2S/c16-11-13-4-6-14(7-5-13)18-9-2-8-17-12-15-3-1-10-19-15/h1,3-7,10H,2,8-9,11-12,16H2. The Hall–Kier alpha value is -1.36. The topological polar surface area (TPSA) is 44.5 Å². The minimum atomic E-state index is 0.566. The molecule has 0 unspecified atom stereocenters. The molecule has 0 saturated heterocycles. The van der Waals surface area contributed by atoms with Gasteiger partial charge in [-0.3, -0.25) is 0 Å². The smallest absolute Gasteiger partial charge is 0.119 e. The zero-order valence-corrected chi connectivity index (χ0v) is 11.7. The van der Waals surface area contributed by atoms with Crippen molar-refractivity contribution in [1.82, 2.24) is 0 Å². The van der Waals surface area contributed by atoms with Crippen molar-refractivity contribution >= 4 is 11.3 Å². The summed E-state index contributed by atoms with van der Waals surface area (Å²) in [6.45, 7) is 2.66. The quantitative estimate of drug-likeness (QED) is 0.754. The first kappa shape index (κ1) is 14.1. The molecule has 0 saturated carbocycles. The summed E-state index contributed by atoms with van der Waals surface area (Å²) in [6, 6.07) is 12.0. The van der Waals surface area contributed by atoms with Gasteiger partial charge in [0.2, 0.25) is 0 Å². The molecule has 0 aliphatic heterocycles. The van der Waals surface area contributed by atoms with Gasteiger partial charge in [-0.1, -0.05) is 18.2 Å². The van der Waals surface area contributed by atoms with Crippen molar-refractivity contribution in [3.63, 3.8) is 0 Å². The van der Waals surface area contributed by atoms with Crippen LogP contribution in [0.25, 0.3) is 0 Å². The van der Waals surface area contributed by atoms with E-state index < -0.39 is 0 Å². The van der Waals surface area contributed by atoms with Gasteiger partial charge in [-0.05, 0) is 29.1 Å². The number of nitrogens with two attached hydrogens (primary N) is 1. The maximum Gasteiger partial charge on any atom is 0.119 e. The minimum Gasteiger partial charge on any atom is -0.494 e. The predicted octanol–water partition coefficient (Wildman–Crippen LogP) is 3.19. The summed E-state index contributed by atoms with van der Waals surface area (Å²) in [5.41, 5.74) is 6.66. The van der Waals surface area contributed by atoms with Gasteiger partial charge >= 0.3 is 0 Å². The Morgan fingerprint density at radius 3 is 2.58 bits per heavy atom. The summed E-state index contributed by atoms with van der Waals surface area (Å²) in [6.07, 6.45) is 0.893. The lowest BCUT2D eigenvalue weighted by Crippen LogP contribution is -2.03. The SMILES string of the molecule is NCc1ccc(OCCCOCc2cccs2)cc1. The molecule has 0 bridgehead atoms. The first-order chi connectivity index (χ1) is 9.38. The average molecular weight is 277 g/mol. The first-order valence-electron chi connectivity index (χ1n) is 6.40. The number of rotatable bonds is 8. The summed E-state index contributed by atoms with van der Waals surface area (Å²) in [4.78, 5) is 1.26. The van der Waals surface area contributed by atoms with E-state index in [4.69, 9.17) is 15.2 Å². The molecule has 2 N–H and O–H groups in total. The van der Waals surface area contributed by atoms with Crippen LogP contribution in [0.4, 0.5) is 0 Å². The average Bonchev–Trinajstić information content (AvgIpc) is 2.96. The Balaban J connectivity index is 1.56. The molecule has 0 atom stereocenters. The van der Waals surface area contributed by atoms with Gasteiger partial charge in [-0.2, -0.15) is 0 Å². The van der Waals surface area contributed by atoms with Crippen LogP contribution in [0.15, 0.2) is 41.8 Å². The van der Waals surface area contributed by atoms with Crippen LogP contribution in [-0.4, -0.2) is 13.2 Å². The zero-order chi connectivity index (χ0) is 13.3. The van der Waals surface area contributed by atoms with Gasteiger partial charge in [0.25, 0.3) is 0 Å². The third-order valence-corrected chi connectivity index (χ3v) is 3.54. The van der Waals surface area contributed by atoms with Crippen LogP contribution in [0.3, 0.4) is 0 Å². The second kappa shape index (κ2) is 7.94. The van der Waals surface area contributed by atoms with Gasteiger partial charge in [0.05, 0.1) is 19.8 Å². The molecule has 1 aromatic carbocycles. The van der Waals surface area contributed by atoms with Crippen LogP contribution in [0, 0.1) is 0 Å². The van der Waals surface area contributed by atoms with Crippen molar-refractivity contribution < 1.29 is 9.47 Å². The van der Waals surface area contributed by atoms with E-state index in [0.717, 1.165) is 24.3 Å². The maximum absolute atomic E-state index is 5.62. The lowest BCUT2D eigenvalue weighted by atomic mass is 10.2. The van der Waals surface area contributed by atoms with E-state index in [9.17, 15) is 0 Å². The van der Waals surface area contributed by atoms with Crippen molar-refractivity contribution in [3.8, 4) is 5.75 Å². The number of benzene rings is 1. The molecule has 3 nitrogen and oxygen atoms in total. The monoisotopic (exact) mass is 277 g/mol. The number of thiophene rings is 1. The van der Waals surface area contributed by atoms with Crippen molar-refractivity contribution in [2.24, 2.45) is 5.73 Å². The molecule has 19 heavy (non-hydrogen) atoms. The highest BCUT2D eigenvalue weighted by Gasteiger charge is 1.96.